The van der Waals surface area contributed by atoms with Gasteiger partial charge in [0.2, 0.25) is 0 Å². The zero-order chi connectivity index (χ0) is 52.9. The first-order chi connectivity index (χ1) is 36.0. The number of rotatable bonds is 58. The molecule has 0 fully saturated rings. The van der Waals surface area contributed by atoms with E-state index in [0.717, 1.165) is 83.5 Å². The summed E-state index contributed by atoms with van der Waals surface area (Å²) in [6.07, 6.45) is 78.2. The van der Waals surface area contributed by atoms with Crippen LogP contribution in [0.4, 0.5) is 0 Å². The molecule has 1 unspecified atom stereocenters. The minimum atomic E-state index is -0.798. The summed E-state index contributed by atoms with van der Waals surface area (Å²) in [4.78, 5) is 38.2. The molecule has 0 N–H and O–H groups in total. The van der Waals surface area contributed by atoms with Crippen molar-refractivity contribution < 1.29 is 28.6 Å². The van der Waals surface area contributed by atoms with Crippen LogP contribution in [0.2, 0.25) is 0 Å². The van der Waals surface area contributed by atoms with E-state index in [1.807, 2.05) is 0 Å². The van der Waals surface area contributed by atoms with Gasteiger partial charge in [-0.2, -0.15) is 0 Å². The lowest BCUT2D eigenvalue weighted by Gasteiger charge is -2.18. The van der Waals surface area contributed by atoms with E-state index in [0.29, 0.717) is 19.3 Å². The number of unbranched alkanes of at least 4 members (excludes halogenated alkanes) is 37. The zero-order valence-corrected chi connectivity index (χ0v) is 48.7. The van der Waals surface area contributed by atoms with Crippen molar-refractivity contribution in [2.75, 3.05) is 13.2 Å². The Kier molecular flexibility index (Phi) is 59.2. The van der Waals surface area contributed by atoms with Crippen molar-refractivity contribution in [3.63, 3.8) is 0 Å². The van der Waals surface area contributed by atoms with Crippen LogP contribution in [-0.2, 0) is 28.6 Å². The molecule has 424 valence electrons. The number of ether oxygens (including phenoxy) is 3. The Balaban J connectivity index is 4.26. The molecule has 1 atom stereocenters. The van der Waals surface area contributed by atoms with Gasteiger partial charge in [0.25, 0.3) is 0 Å². The van der Waals surface area contributed by atoms with Crippen LogP contribution in [0.25, 0.3) is 0 Å². The summed E-state index contributed by atoms with van der Waals surface area (Å²) in [5.41, 5.74) is 0. The third-order valence-corrected chi connectivity index (χ3v) is 14.0. The molecule has 0 aromatic rings. The summed E-state index contributed by atoms with van der Waals surface area (Å²) in [6, 6.07) is 0. The molecule has 6 nitrogen and oxygen atoms in total. The Morgan fingerprint density at radius 2 is 0.534 bits per heavy atom. The van der Waals surface area contributed by atoms with Gasteiger partial charge in [-0.3, -0.25) is 14.4 Å². The minimum absolute atomic E-state index is 0.0907. The fourth-order valence-corrected chi connectivity index (χ4v) is 9.25. The van der Waals surface area contributed by atoms with Gasteiger partial charge in [0, 0.05) is 19.3 Å². The van der Waals surface area contributed by atoms with E-state index >= 15 is 0 Å². The predicted octanol–water partition coefficient (Wildman–Crippen LogP) is 21.6. The van der Waals surface area contributed by atoms with Crippen LogP contribution in [0.1, 0.15) is 329 Å². The second-order valence-corrected chi connectivity index (χ2v) is 21.3. The van der Waals surface area contributed by atoms with Crippen molar-refractivity contribution in [3.05, 3.63) is 60.8 Å². The van der Waals surface area contributed by atoms with Crippen molar-refractivity contribution in [2.24, 2.45) is 0 Å². The highest BCUT2D eigenvalue weighted by Crippen LogP contribution is 2.17. The molecule has 0 radical (unpaired) electrons. The lowest BCUT2D eigenvalue weighted by Crippen LogP contribution is -2.30. The molecule has 0 aliphatic heterocycles. The average Bonchev–Trinajstić information content (AvgIpc) is 3.39. The van der Waals surface area contributed by atoms with Gasteiger partial charge in [-0.25, -0.2) is 0 Å². The molecule has 0 aliphatic carbocycles. The second kappa shape index (κ2) is 61.7. The molecule has 0 aromatic carbocycles. The van der Waals surface area contributed by atoms with Gasteiger partial charge in [-0.05, 0) is 83.5 Å². The van der Waals surface area contributed by atoms with Gasteiger partial charge in [0.1, 0.15) is 13.2 Å². The molecule has 0 amide bonds. The Bertz CT molecular complexity index is 1310. The average molecular weight is 1020 g/mol. The molecule has 0 heterocycles. The van der Waals surface area contributed by atoms with E-state index in [4.69, 9.17) is 14.2 Å². The molecule has 0 saturated heterocycles. The van der Waals surface area contributed by atoms with E-state index in [9.17, 15) is 14.4 Å². The fraction of sp³-hybridized carbons (Fsp3) is 0.806. The maximum absolute atomic E-state index is 12.9. The molecular weight excluding hydrogens is 901 g/mol. The summed E-state index contributed by atoms with van der Waals surface area (Å²) in [5.74, 6) is -0.926. The van der Waals surface area contributed by atoms with Crippen LogP contribution in [0.5, 0.6) is 0 Å². The highest BCUT2D eigenvalue weighted by molar-refractivity contribution is 5.71. The van der Waals surface area contributed by atoms with E-state index in [1.54, 1.807) is 0 Å². The highest BCUT2D eigenvalue weighted by Gasteiger charge is 2.19. The monoisotopic (exact) mass is 1020 g/mol. The maximum Gasteiger partial charge on any atom is 0.306 e. The molecule has 0 saturated carbocycles. The van der Waals surface area contributed by atoms with Crippen LogP contribution >= 0.6 is 0 Å². The largest absolute Gasteiger partial charge is 0.462 e. The maximum atomic E-state index is 12.9. The lowest BCUT2D eigenvalue weighted by atomic mass is 10.0. The van der Waals surface area contributed by atoms with E-state index in [2.05, 4.69) is 81.5 Å². The first-order valence-electron chi connectivity index (χ1n) is 31.8. The highest BCUT2D eigenvalue weighted by atomic mass is 16.6. The van der Waals surface area contributed by atoms with Crippen molar-refractivity contribution in [2.45, 2.75) is 335 Å². The van der Waals surface area contributed by atoms with Crippen LogP contribution < -0.4 is 0 Å². The lowest BCUT2D eigenvalue weighted by molar-refractivity contribution is -0.167. The molecule has 0 rings (SSSR count). The van der Waals surface area contributed by atoms with Crippen molar-refractivity contribution >= 4 is 17.9 Å². The number of esters is 3. The SMILES string of the molecule is CC/C=C\C/C=C\C/C=C\C/C=C\CCCCC(=O)OC(COC(=O)CCCCCCC/C=C\CCCCCCC)COC(=O)CCCCCCCCCCCCCCCCCCCCCCCCCCCC. The molecular formula is C67H120O6. The number of hydrogen-bond donors (Lipinski definition) is 0. The van der Waals surface area contributed by atoms with Crippen LogP contribution in [-0.4, -0.2) is 37.2 Å². The van der Waals surface area contributed by atoms with E-state index in [1.165, 1.54) is 199 Å². The molecule has 0 bridgehead atoms. The number of carbonyl (C=O) groups is 3. The first-order valence-corrected chi connectivity index (χ1v) is 31.8. The number of hydrogen-bond acceptors (Lipinski definition) is 6. The van der Waals surface area contributed by atoms with Crippen LogP contribution in [0, 0.1) is 0 Å². The topological polar surface area (TPSA) is 78.9 Å². The summed E-state index contributed by atoms with van der Waals surface area (Å²) in [7, 11) is 0. The van der Waals surface area contributed by atoms with E-state index < -0.39 is 6.10 Å². The fourth-order valence-electron chi connectivity index (χ4n) is 9.25. The molecule has 73 heavy (non-hydrogen) atoms. The third kappa shape index (κ3) is 59.9. The quantitative estimate of drug-likeness (QED) is 0.0261. The Morgan fingerprint density at radius 3 is 0.877 bits per heavy atom. The van der Waals surface area contributed by atoms with Gasteiger partial charge < -0.3 is 14.2 Å². The Hall–Kier alpha value is -2.89. The molecule has 0 aromatic heterocycles. The first kappa shape index (κ1) is 70.1. The molecule has 6 heteroatoms. The van der Waals surface area contributed by atoms with Crippen LogP contribution in [0.3, 0.4) is 0 Å². The standard InChI is InChI=1S/C67H120O6/c1-4-7-10-13-16-19-22-25-28-29-30-31-32-33-34-35-36-37-38-40-42-45-48-51-54-57-60-66(69)72-63-64(62-71-65(68)59-56-53-50-47-44-41-27-24-21-18-15-12-9-6-3)73-67(70)61-58-55-52-49-46-43-39-26-23-20-17-14-11-8-5-2/h8,11,17,20,24,26-27,39,46,49,64H,4-7,9-10,12-16,18-19,21-23,25,28-38,40-45,47-48,50-63H2,1-3H3/b11-8-,20-17-,27-24-,39-26-,49-46-. The third-order valence-electron chi connectivity index (χ3n) is 14.0. The van der Waals surface area contributed by atoms with Crippen molar-refractivity contribution in [1.29, 1.82) is 0 Å². The van der Waals surface area contributed by atoms with Gasteiger partial charge in [0.05, 0.1) is 0 Å². The molecule has 0 spiro atoms. The van der Waals surface area contributed by atoms with Gasteiger partial charge in [-0.1, -0.05) is 287 Å². The van der Waals surface area contributed by atoms with Crippen LogP contribution in [0.15, 0.2) is 60.8 Å². The minimum Gasteiger partial charge on any atom is -0.462 e. The van der Waals surface area contributed by atoms with Gasteiger partial charge >= 0.3 is 17.9 Å². The smallest absolute Gasteiger partial charge is 0.306 e. The van der Waals surface area contributed by atoms with Crippen molar-refractivity contribution in [1.82, 2.24) is 0 Å². The van der Waals surface area contributed by atoms with Gasteiger partial charge in [0.15, 0.2) is 6.10 Å². The zero-order valence-electron chi connectivity index (χ0n) is 48.7. The van der Waals surface area contributed by atoms with Gasteiger partial charge in [-0.15, -0.1) is 0 Å². The summed E-state index contributed by atoms with van der Waals surface area (Å²) < 4.78 is 16.9. The predicted molar refractivity (Wildman–Crippen MR) is 316 cm³/mol. The molecule has 0 aliphatic rings. The summed E-state index contributed by atoms with van der Waals surface area (Å²) in [5, 5.41) is 0. The Morgan fingerprint density at radius 1 is 0.288 bits per heavy atom. The summed E-state index contributed by atoms with van der Waals surface area (Å²) >= 11 is 0. The van der Waals surface area contributed by atoms with Crippen molar-refractivity contribution in [3.8, 4) is 0 Å². The summed E-state index contributed by atoms with van der Waals surface area (Å²) in [6.45, 7) is 6.52. The Labute approximate surface area is 453 Å². The number of carbonyl (C=O) groups excluding carboxylic acids is 3. The number of allylic oxidation sites excluding steroid dienone is 10. The second-order valence-electron chi connectivity index (χ2n) is 21.3. The van der Waals surface area contributed by atoms with E-state index in [-0.39, 0.29) is 37.5 Å². The normalized spacial score (nSPS) is 12.4.